The summed E-state index contributed by atoms with van der Waals surface area (Å²) in [6, 6.07) is 20.8. The van der Waals surface area contributed by atoms with Gasteiger partial charge in [0.15, 0.2) is 0 Å². The van der Waals surface area contributed by atoms with E-state index in [0.29, 0.717) is 6.42 Å². The maximum atomic E-state index is 11.9. The number of hydrogen-bond donors (Lipinski definition) is 1. The quantitative estimate of drug-likeness (QED) is 0.743. The number of nitrogens with zero attached hydrogens (tertiary/aromatic N) is 2. The van der Waals surface area contributed by atoms with Crippen LogP contribution in [0, 0.1) is 0 Å². The predicted octanol–water partition coefficient (Wildman–Crippen LogP) is 2.95. The van der Waals surface area contributed by atoms with Crippen molar-refractivity contribution in [1.82, 2.24) is 10.2 Å². The molecule has 4 nitrogen and oxygen atoms in total. The molecule has 2 aromatic rings. The molecule has 1 heterocycles. The maximum absolute atomic E-state index is 11.9. The van der Waals surface area contributed by atoms with E-state index in [1.807, 2.05) is 18.2 Å². The highest BCUT2D eigenvalue weighted by molar-refractivity contribution is 5.76. The SMILES string of the molecule is O=C(CCc1ccccc1)NCCCN1CCN(c2ccccc2)CC1. The molecule has 0 radical (unpaired) electrons. The van der Waals surface area contributed by atoms with Gasteiger partial charge in [-0.1, -0.05) is 48.5 Å². The van der Waals surface area contributed by atoms with Crippen molar-refractivity contribution in [2.45, 2.75) is 19.3 Å². The first-order chi connectivity index (χ1) is 12.8. The van der Waals surface area contributed by atoms with Crippen molar-refractivity contribution >= 4 is 11.6 Å². The summed E-state index contributed by atoms with van der Waals surface area (Å²) in [5.74, 6) is 0.155. The van der Waals surface area contributed by atoms with E-state index in [-0.39, 0.29) is 5.91 Å². The molecule has 138 valence electrons. The highest BCUT2D eigenvalue weighted by atomic mass is 16.1. The molecule has 0 aliphatic carbocycles. The summed E-state index contributed by atoms with van der Waals surface area (Å²) in [6.07, 6.45) is 2.40. The van der Waals surface area contributed by atoms with Crippen molar-refractivity contribution < 1.29 is 4.79 Å². The molecule has 1 fully saturated rings. The van der Waals surface area contributed by atoms with Crippen LogP contribution < -0.4 is 10.2 Å². The van der Waals surface area contributed by atoms with Crippen LogP contribution in [-0.2, 0) is 11.2 Å². The third-order valence-electron chi connectivity index (χ3n) is 4.95. The molecule has 0 saturated carbocycles. The Labute approximate surface area is 156 Å². The van der Waals surface area contributed by atoms with Gasteiger partial charge in [0.05, 0.1) is 0 Å². The van der Waals surface area contributed by atoms with Gasteiger partial charge in [0.25, 0.3) is 0 Å². The van der Waals surface area contributed by atoms with Crippen LogP contribution >= 0.6 is 0 Å². The standard InChI is InChI=1S/C22H29N3O/c26-22(13-12-20-8-3-1-4-9-20)23-14-7-15-24-16-18-25(19-17-24)21-10-5-2-6-11-21/h1-6,8-11H,7,12-19H2,(H,23,26). The number of aryl methyl sites for hydroxylation is 1. The number of para-hydroxylation sites is 1. The number of rotatable bonds is 8. The van der Waals surface area contributed by atoms with Crippen LogP contribution in [-0.4, -0.2) is 50.1 Å². The molecule has 1 saturated heterocycles. The molecule has 3 rings (SSSR count). The minimum Gasteiger partial charge on any atom is -0.369 e. The van der Waals surface area contributed by atoms with Crippen LogP contribution in [0.3, 0.4) is 0 Å². The normalized spacial score (nSPS) is 15.0. The third kappa shape index (κ3) is 5.88. The Bertz CT molecular complexity index is 652. The van der Waals surface area contributed by atoms with Gasteiger partial charge in [-0.05, 0) is 37.1 Å². The number of piperazine rings is 1. The van der Waals surface area contributed by atoms with Crippen molar-refractivity contribution in [2.24, 2.45) is 0 Å². The number of anilines is 1. The minimum atomic E-state index is 0.155. The lowest BCUT2D eigenvalue weighted by molar-refractivity contribution is -0.121. The van der Waals surface area contributed by atoms with E-state index in [9.17, 15) is 4.79 Å². The monoisotopic (exact) mass is 351 g/mol. The summed E-state index contributed by atoms with van der Waals surface area (Å²) in [5.41, 5.74) is 2.54. The van der Waals surface area contributed by atoms with Crippen LogP contribution in [0.25, 0.3) is 0 Å². The largest absolute Gasteiger partial charge is 0.369 e. The highest BCUT2D eigenvalue weighted by Gasteiger charge is 2.16. The van der Waals surface area contributed by atoms with Gasteiger partial charge < -0.3 is 10.2 Å². The lowest BCUT2D eigenvalue weighted by atomic mass is 10.1. The van der Waals surface area contributed by atoms with Crippen LogP contribution in [0.15, 0.2) is 60.7 Å². The van der Waals surface area contributed by atoms with Crippen molar-refractivity contribution in [3.8, 4) is 0 Å². The Morgan fingerprint density at radius 2 is 1.54 bits per heavy atom. The molecule has 2 aromatic carbocycles. The van der Waals surface area contributed by atoms with E-state index in [1.54, 1.807) is 0 Å². The summed E-state index contributed by atoms with van der Waals surface area (Å²) >= 11 is 0. The Morgan fingerprint density at radius 1 is 0.885 bits per heavy atom. The number of carbonyl (C=O) groups excluding carboxylic acids is 1. The molecule has 0 spiro atoms. The van der Waals surface area contributed by atoms with Crippen molar-refractivity contribution in [3.63, 3.8) is 0 Å². The second kappa shape index (κ2) is 9.97. The van der Waals surface area contributed by atoms with E-state index >= 15 is 0 Å². The summed E-state index contributed by atoms with van der Waals surface area (Å²) < 4.78 is 0. The fraction of sp³-hybridized carbons (Fsp3) is 0.409. The molecule has 0 aromatic heterocycles. The van der Waals surface area contributed by atoms with Gasteiger partial charge in [-0.15, -0.1) is 0 Å². The molecular formula is C22H29N3O. The Kier molecular flexibility index (Phi) is 7.08. The van der Waals surface area contributed by atoms with E-state index in [0.717, 1.165) is 52.1 Å². The van der Waals surface area contributed by atoms with E-state index in [2.05, 4.69) is 57.6 Å². The van der Waals surface area contributed by atoms with Crippen molar-refractivity contribution in [1.29, 1.82) is 0 Å². The van der Waals surface area contributed by atoms with E-state index < -0.39 is 0 Å². The topological polar surface area (TPSA) is 35.6 Å². The van der Waals surface area contributed by atoms with Crippen LogP contribution in [0.2, 0.25) is 0 Å². The van der Waals surface area contributed by atoms with Crippen molar-refractivity contribution in [3.05, 3.63) is 66.2 Å². The minimum absolute atomic E-state index is 0.155. The number of nitrogens with one attached hydrogen (secondary N) is 1. The molecule has 0 bridgehead atoms. The number of carbonyl (C=O) groups is 1. The Morgan fingerprint density at radius 3 is 2.23 bits per heavy atom. The van der Waals surface area contributed by atoms with Crippen LogP contribution in [0.1, 0.15) is 18.4 Å². The predicted molar refractivity (Wildman–Crippen MR) is 107 cm³/mol. The molecule has 0 atom stereocenters. The van der Waals surface area contributed by atoms with Gasteiger partial charge in [0.1, 0.15) is 0 Å². The van der Waals surface area contributed by atoms with Gasteiger partial charge in [0.2, 0.25) is 5.91 Å². The van der Waals surface area contributed by atoms with Gasteiger partial charge >= 0.3 is 0 Å². The second-order valence-corrected chi connectivity index (χ2v) is 6.85. The summed E-state index contributed by atoms with van der Waals surface area (Å²) in [5, 5.41) is 3.05. The Hall–Kier alpha value is -2.33. The Balaban J connectivity index is 1.26. The number of hydrogen-bond acceptors (Lipinski definition) is 3. The first-order valence-electron chi connectivity index (χ1n) is 9.64. The van der Waals surface area contributed by atoms with Crippen molar-refractivity contribution in [2.75, 3.05) is 44.2 Å². The van der Waals surface area contributed by atoms with Crippen LogP contribution in [0.4, 0.5) is 5.69 Å². The molecule has 4 heteroatoms. The average Bonchev–Trinajstić information content (AvgIpc) is 2.71. The highest BCUT2D eigenvalue weighted by Crippen LogP contribution is 2.15. The molecule has 0 unspecified atom stereocenters. The van der Waals surface area contributed by atoms with Gasteiger partial charge in [-0.25, -0.2) is 0 Å². The maximum Gasteiger partial charge on any atom is 0.220 e. The fourth-order valence-corrected chi connectivity index (χ4v) is 3.39. The third-order valence-corrected chi connectivity index (χ3v) is 4.95. The lowest BCUT2D eigenvalue weighted by Gasteiger charge is -2.36. The zero-order valence-corrected chi connectivity index (χ0v) is 15.4. The van der Waals surface area contributed by atoms with Gasteiger partial charge in [-0.2, -0.15) is 0 Å². The number of amides is 1. The van der Waals surface area contributed by atoms with Gasteiger partial charge in [0, 0.05) is 44.8 Å². The second-order valence-electron chi connectivity index (χ2n) is 6.85. The van der Waals surface area contributed by atoms with E-state index in [4.69, 9.17) is 0 Å². The molecule has 1 N–H and O–H groups in total. The smallest absolute Gasteiger partial charge is 0.220 e. The molecule has 1 amide bonds. The zero-order chi connectivity index (χ0) is 18.0. The van der Waals surface area contributed by atoms with E-state index in [1.165, 1.54) is 11.3 Å². The summed E-state index contributed by atoms with van der Waals surface area (Å²) in [7, 11) is 0. The summed E-state index contributed by atoms with van der Waals surface area (Å²) in [6.45, 7) is 6.17. The molecular weight excluding hydrogens is 322 g/mol. The average molecular weight is 351 g/mol. The zero-order valence-electron chi connectivity index (χ0n) is 15.4. The van der Waals surface area contributed by atoms with Gasteiger partial charge in [-0.3, -0.25) is 9.69 Å². The van der Waals surface area contributed by atoms with Crippen LogP contribution in [0.5, 0.6) is 0 Å². The first kappa shape index (κ1) is 18.5. The molecule has 1 aliphatic rings. The lowest BCUT2D eigenvalue weighted by Crippen LogP contribution is -2.47. The first-order valence-corrected chi connectivity index (χ1v) is 9.64. The fourth-order valence-electron chi connectivity index (χ4n) is 3.39. The number of benzene rings is 2. The molecule has 26 heavy (non-hydrogen) atoms. The summed E-state index contributed by atoms with van der Waals surface area (Å²) in [4.78, 5) is 16.9. The molecule has 1 aliphatic heterocycles.